The van der Waals surface area contributed by atoms with Gasteiger partial charge in [-0.3, -0.25) is 4.79 Å². The summed E-state index contributed by atoms with van der Waals surface area (Å²) < 4.78 is 0. The average molecular weight is 308 g/mol. The van der Waals surface area contributed by atoms with Crippen LogP contribution in [0.1, 0.15) is 30.0 Å². The van der Waals surface area contributed by atoms with Crippen molar-refractivity contribution < 1.29 is 4.79 Å². The fraction of sp³-hybridized carbons (Fsp3) is 0.350. The number of carbonyl (C=O) groups is 1. The van der Waals surface area contributed by atoms with Gasteiger partial charge < -0.3 is 10.6 Å². The normalized spacial score (nSPS) is 18.0. The molecule has 0 aromatic heterocycles. The Labute approximate surface area is 138 Å². The van der Waals surface area contributed by atoms with Gasteiger partial charge in [0.2, 0.25) is 5.91 Å². The molecule has 23 heavy (non-hydrogen) atoms. The molecule has 0 radical (unpaired) electrons. The Hall–Kier alpha value is -2.13. The molecule has 0 spiro atoms. The monoisotopic (exact) mass is 308 g/mol. The van der Waals surface area contributed by atoms with E-state index in [1.807, 2.05) is 18.2 Å². The van der Waals surface area contributed by atoms with Crippen LogP contribution in [0.15, 0.2) is 54.6 Å². The molecule has 2 N–H and O–H groups in total. The zero-order valence-electron chi connectivity index (χ0n) is 13.6. The third-order valence-corrected chi connectivity index (χ3v) is 4.50. The van der Waals surface area contributed by atoms with Crippen LogP contribution in [0.2, 0.25) is 0 Å². The van der Waals surface area contributed by atoms with Crippen molar-refractivity contribution in [3.63, 3.8) is 0 Å². The second-order valence-corrected chi connectivity index (χ2v) is 6.34. The van der Waals surface area contributed by atoms with Crippen molar-refractivity contribution >= 4 is 5.91 Å². The minimum atomic E-state index is -0.121. The summed E-state index contributed by atoms with van der Waals surface area (Å²) in [5.74, 6) is 0.111. The van der Waals surface area contributed by atoms with Crippen LogP contribution in [0.25, 0.3) is 0 Å². The minimum Gasteiger partial charge on any atom is -0.352 e. The summed E-state index contributed by atoms with van der Waals surface area (Å²) in [4.78, 5) is 12.5. The topological polar surface area (TPSA) is 41.1 Å². The van der Waals surface area contributed by atoms with Gasteiger partial charge in [-0.1, -0.05) is 54.6 Å². The summed E-state index contributed by atoms with van der Waals surface area (Å²) in [6, 6.07) is 18.8. The molecule has 0 bridgehead atoms. The zero-order valence-corrected chi connectivity index (χ0v) is 13.6. The zero-order chi connectivity index (χ0) is 16.1. The van der Waals surface area contributed by atoms with E-state index in [0.29, 0.717) is 0 Å². The predicted molar refractivity (Wildman–Crippen MR) is 93.1 cm³/mol. The smallest absolute Gasteiger partial charge is 0.237 e. The van der Waals surface area contributed by atoms with E-state index in [-0.39, 0.29) is 18.0 Å². The summed E-state index contributed by atoms with van der Waals surface area (Å²) in [6.07, 6.45) is 2.72. The Morgan fingerprint density at radius 1 is 1.13 bits per heavy atom. The molecule has 120 valence electrons. The second-order valence-electron chi connectivity index (χ2n) is 6.34. The third-order valence-electron chi connectivity index (χ3n) is 4.50. The van der Waals surface area contributed by atoms with E-state index in [4.69, 9.17) is 0 Å². The van der Waals surface area contributed by atoms with E-state index in [0.717, 1.165) is 25.8 Å². The lowest BCUT2D eigenvalue weighted by Crippen LogP contribution is -2.49. The molecule has 3 rings (SSSR count). The Balaban J connectivity index is 1.49. The molecule has 3 nitrogen and oxygen atoms in total. The lowest BCUT2D eigenvalue weighted by molar-refractivity contribution is -0.124. The Morgan fingerprint density at radius 2 is 1.83 bits per heavy atom. The maximum absolute atomic E-state index is 12.5. The van der Waals surface area contributed by atoms with Crippen LogP contribution in [-0.2, 0) is 24.2 Å². The first kappa shape index (κ1) is 15.8. The molecule has 0 saturated carbocycles. The Kier molecular flexibility index (Phi) is 5.09. The molecule has 1 amide bonds. The number of aryl methyl sites for hydroxylation is 1. The van der Waals surface area contributed by atoms with Gasteiger partial charge >= 0.3 is 0 Å². The van der Waals surface area contributed by atoms with E-state index in [2.05, 4.69) is 54.0 Å². The van der Waals surface area contributed by atoms with E-state index in [9.17, 15) is 4.79 Å². The highest BCUT2D eigenvalue weighted by Crippen LogP contribution is 2.16. The molecule has 2 aromatic carbocycles. The molecule has 3 heteroatoms. The predicted octanol–water partition coefficient (Wildman–Crippen LogP) is 2.84. The van der Waals surface area contributed by atoms with Crippen molar-refractivity contribution in [3.8, 4) is 0 Å². The number of carbonyl (C=O) groups excluding carboxylic acids is 1. The van der Waals surface area contributed by atoms with Crippen molar-refractivity contribution in [2.24, 2.45) is 0 Å². The average Bonchev–Trinajstić information content (AvgIpc) is 2.60. The van der Waals surface area contributed by atoms with Gasteiger partial charge in [-0.15, -0.1) is 0 Å². The molecule has 1 aliphatic heterocycles. The first-order valence-electron chi connectivity index (χ1n) is 8.37. The van der Waals surface area contributed by atoms with Crippen LogP contribution in [0, 0.1) is 0 Å². The van der Waals surface area contributed by atoms with Crippen molar-refractivity contribution in [3.05, 3.63) is 71.3 Å². The summed E-state index contributed by atoms with van der Waals surface area (Å²) in [6.45, 7) is 2.85. The molecule has 0 fully saturated rings. The van der Waals surface area contributed by atoms with Crippen LogP contribution < -0.4 is 10.6 Å². The summed E-state index contributed by atoms with van der Waals surface area (Å²) in [7, 11) is 0. The summed E-state index contributed by atoms with van der Waals surface area (Å²) >= 11 is 0. The fourth-order valence-corrected chi connectivity index (χ4v) is 3.08. The molecule has 0 saturated heterocycles. The quantitative estimate of drug-likeness (QED) is 0.892. The van der Waals surface area contributed by atoms with E-state index in [1.165, 1.54) is 16.7 Å². The highest BCUT2D eigenvalue weighted by atomic mass is 16.2. The first-order valence-corrected chi connectivity index (χ1v) is 8.37. The Bertz CT molecular complexity index is 654. The number of nitrogens with one attached hydrogen (secondary N) is 2. The lowest BCUT2D eigenvalue weighted by Gasteiger charge is -2.26. The number of amides is 1. The standard InChI is InChI=1S/C20H24N2O/c1-15(11-12-16-7-3-2-4-8-16)22-20(23)19-13-17-9-5-6-10-18(17)14-21-19/h2-10,15,19,21H,11-14H2,1H3,(H,22,23)/t15?,19-/m0/s1. The van der Waals surface area contributed by atoms with Crippen molar-refractivity contribution in [1.29, 1.82) is 0 Å². The number of hydrogen-bond donors (Lipinski definition) is 2. The van der Waals surface area contributed by atoms with Gasteiger partial charge in [-0.2, -0.15) is 0 Å². The molecule has 1 aliphatic rings. The number of benzene rings is 2. The maximum Gasteiger partial charge on any atom is 0.237 e. The molecular weight excluding hydrogens is 284 g/mol. The molecule has 2 aromatic rings. The highest BCUT2D eigenvalue weighted by molar-refractivity contribution is 5.82. The SMILES string of the molecule is CC(CCc1ccccc1)NC(=O)[C@@H]1Cc2ccccc2CN1. The molecule has 2 atom stereocenters. The lowest BCUT2D eigenvalue weighted by atomic mass is 9.95. The highest BCUT2D eigenvalue weighted by Gasteiger charge is 2.24. The Morgan fingerprint density at radius 3 is 2.61 bits per heavy atom. The van der Waals surface area contributed by atoms with Crippen LogP contribution in [0.3, 0.4) is 0 Å². The molecule has 0 aliphatic carbocycles. The summed E-state index contributed by atoms with van der Waals surface area (Å²) in [5, 5.41) is 6.49. The molecular formula is C20H24N2O. The van der Waals surface area contributed by atoms with Gasteiger partial charge in [-0.25, -0.2) is 0 Å². The van der Waals surface area contributed by atoms with Gasteiger partial charge in [0.05, 0.1) is 6.04 Å². The largest absolute Gasteiger partial charge is 0.352 e. The van der Waals surface area contributed by atoms with Crippen molar-refractivity contribution in [2.45, 2.75) is 44.8 Å². The van der Waals surface area contributed by atoms with Crippen LogP contribution in [0.5, 0.6) is 0 Å². The van der Waals surface area contributed by atoms with Crippen molar-refractivity contribution in [2.75, 3.05) is 0 Å². The van der Waals surface area contributed by atoms with E-state index >= 15 is 0 Å². The van der Waals surface area contributed by atoms with Crippen LogP contribution in [-0.4, -0.2) is 18.0 Å². The summed E-state index contributed by atoms with van der Waals surface area (Å²) in [5.41, 5.74) is 3.90. The number of rotatable bonds is 5. The van der Waals surface area contributed by atoms with Gasteiger partial charge in [-0.05, 0) is 42.9 Å². The van der Waals surface area contributed by atoms with Crippen molar-refractivity contribution in [1.82, 2.24) is 10.6 Å². The minimum absolute atomic E-state index is 0.111. The van der Waals surface area contributed by atoms with Gasteiger partial charge in [0.15, 0.2) is 0 Å². The fourth-order valence-electron chi connectivity index (χ4n) is 3.08. The van der Waals surface area contributed by atoms with E-state index < -0.39 is 0 Å². The van der Waals surface area contributed by atoms with Crippen LogP contribution >= 0.6 is 0 Å². The number of fused-ring (bicyclic) bond motifs is 1. The second kappa shape index (κ2) is 7.42. The maximum atomic E-state index is 12.5. The first-order chi connectivity index (χ1) is 11.2. The van der Waals surface area contributed by atoms with Crippen LogP contribution in [0.4, 0.5) is 0 Å². The molecule has 1 heterocycles. The van der Waals surface area contributed by atoms with Gasteiger partial charge in [0.25, 0.3) is 0 Å². The molecule has 1 unspecified atom stereocenters. The number of hydrogen-bond acceptors (Lipinski definition) is 2. The van der Waals surface area contributed by atoms with Gasteiger partial charge in [0.1, 0.15) is 0 Å². The third kappa shape index (κ3) is 4.20. The van der Waals surface area contributed by atoms with E-state index in [1.54, 1.807) is 0 Å². The van der Waals surface area contributed by atoms with Gasteiger partial charge in [0, 0.05) is 12.6 Å².